The molecular weight excluding hydrogens is 472 g/mol. The standard InChI is InChI=1S/C25H26N2O5S2/c1-3-33-11-9-32-25(29)22-15(2)26-19-13-17(21-8-5-10-34-21)14-20(28)24(19)23(22)16-6-4-7-18(12-16)27(30)31/h4-8,10,12,17,23,26H,3,9,11,13-14H2,1-2H3/t17-,23-/m1/s1. The Bertz CT molecular complexity index is 1170. The number of ketones is 1. The van der Waals surface area contributed by atoms with Crippen LogP contribution in [0.3, 0.4) is 0 Å². The number of thioether (sulfide) groups is 1. The van der Waals surface area contributed by atoms with Crippen molar-refractivity contribution in [2.75, 3.05) is 18.1 Å². The smallest absolute Gasteiger partial charge is 0.336 e. The van der Waals surface area contributed by atoms with Crippen molar-refractivity contribution in [3.8, 4) is 0 Å². The predicted octanol–water partition coefficient (Wildman–Crippen LogP) is 5.31. The fourth-order valence-electron chi connectivity index (χ4n) is 4.60. The number of thiophene rings is 1. The number of nitrogens with zero attached hydrogens (tertiary/aromatic N) is 1. The van der Waals surface area contributed by atoms with E-state index in [4.69, 9.17) is 4.74 Å². The maximum Gasteiger partial charge on any atom is 0.336 e. The van der Waals surface area contributed by atoms with E-state index in [0.717, 1.165) is 16.3 Å². The van der Waals surface area contributed by atoms with Crippen molar-refractivity contribution in [1.82, 2.24) is 5.32 Å². The predicted molar refractivity (Wildman–Crippen MR) is 134 cm³/mol. The Morgan fingerprint density at radius 2 is 2.12 bits per heavy atom. The summed E-state index contributed by atoms with van der Waals surface area (Å²) in [7, 11) is 0. The lowest BCUT2D eigenvalue weighted by atomic mass is 9.72. The monoisotopic (exact) mass is 498 g/mol. The van der Waals surface area contributed by atoms with E-state index < -0.39 is 16.8 Å². The van der Waals surface area contributed by atoms with E-state index in [-0.39, 0.29) is 24.0 Å². The number of dihydropyridines is 1. The number of carbonyl (C=O) groups is 2. The lowest BCUT2D eigenvalue weighted by Gasteiger charge is -2.36. The first kappa shape index (κ1) is 24.2. The third kappa shape index (κ3) is 4.95. The molecule has 0 spiro atoms. The molecule has 0 saturated heterocycles. The number of carbonyl (C=O) groups excluding carboxylic acids is 2. The highest BCUT2D eigenvalue weighted by atomic mass is 32.2. The van der Waals surface area contributed by atoms with Crippen molar-refractivity contribution in [3.05, 3.63) is 84.9 Å². The number of esters is 1. The van der Waals surface area contributed by atoms with E-state index >= 15 is 0 Å². The number of rotatable bonds is 8. The molecule has 0 unspecified atom stereocenters. The van der Waals surface area contributed by atoms with Crippen molar-refractivity contribution in [1.29, 1.82) is 0 Å². The molecule has 0 bridgehead atoms. The summed E-state index contributed by atoms with van der Waals surface area (Å²) in [6.07, 6.45) is 0.973. The zero-order valence-electron chi connectivity index (χ0n) is 19.0. The Kier molecular flexibility index (Phi) is 7.53. The van der Waals surface area contributed by atoms with Crippen molar-refractivity contribution in [3.63, 3.8) is 0 Å². The minimum Gasteiger partial charge on any atom is -0.461 e. The molecule has 4 rings (SSSR count). The van der Waals surface area contributed by atoms with Crippen LogP contribution < -0.4 is 5.32 Å². The Balaban J connectivity index is 1.75. The second kappa shape index (κ2) is 10.6. The first-order valence-corrected chi connectivity index (χ1v) is 13.2. The highest BCUT2D eigenvalue weighted by molar-refractivity contribution is 7.99. The maximum absolute atomic E-state index is 13.5. The average Bonchev–Trinajstić information content (AvgIpc) is 3.36. The van der Waals surface area contributed by atoms with Crippen LogP contribution in [0.1, 0.15) is 49.0 Å². The largest absolute Gasteiger partial charge is 0.461 e. The van der Waals surface area contributed by atoms with Gasteiger partial charge >= 0.3 is 5.97 Å². The highest BCUT2D eigenvalue weighted by Gasteiger charge is 2.41. The third-order valence-electron chi connectivity index (χ3n) is 6.07. The van der Waals surface area contributed by atoms with Crippen LogP contribution in [0.15, 0.2) is 64.3 Å². The van der Waals surface area contributed by atoms with Crippen LogP contribution >= 0.6 is 23.1 Å². The van der Waals surface area contributed by atoms with E-state index in [1.54, 1.807) is 42.2 Å². The van der Waals surface area contributed by atoms with Crippen LogP contribution in [0.25, 0.3) is 0 Å². The van der Waals surface area contributed by atoms with Crippen LogP contribution in [-0.4, -0.2) is 34.8 Å². The average molecular weight is 499 g/mol. The first-order chi connectivity index (χ1) is 16.4. The van der Waals surface area contributed by atoms with Gasteiger partial charge in [0.25, 0.3) is 5.69 Å². The van der Waals surface area contributed by atoms with E-state index in [1.807, 2.05) is 24.4 Å². The number of hydrogen-bond donors (Lipinski definition) is 1. The molecule has 2 atom stereocenters. The van der Waals surface area contributed by atoms with Crippen molar-refractivity contribution in [2.45, 2.75) is 38.5 Å². The van der Waals surface area contributed by atoms with Gasteiger partial charge in [-0.2, -0.15) is 11.8 Å². The maximum atomic E-state index is 13.5. The van der Waals surface area contributed by atoms with Crippen LogP contribution in [0.4, 0.5) is 5.69 Å². The van der Waals surface area contributed by atoms with Gasteiger partial charge in [0.05, 0.1) is 10.5 Å². The van der Waals surface area contributed by atoms with Crippen LogP contribution in [0.5, 0.6) is 0 Å². The summed E-state index contributed by atoms with van der Waals surface area (Å²) in [4.78, 5) is 38.8. The fourth-order valence-corrected chi connectivity index (χ4v) is 5.92. The second-order valence-electron chi connectivity index (χ2n) is 8.22. The molecule has 0 radical (unpaired) electrons. The van der Waals surface area contributed by atoms with Crippen molar-refractivity contribution >= 4 is 40.5 Å². The fraction of sp³-hybridized carbons (Fsp3) is 0.360. The number of ether oxygens (including phenoxy) is 1. The number of nitro benzene ring substituents is 1. The van der Waals surface area contributed by atoms with E-state index in [1.165, 1.54) is 12.1 Å². The molecule has 9 heteroatoms. The number of nitrogens with one attached hydrogen (secondary N) is 1. The summed E-state index contributed by atoms with van der Waals surface area (Å²) in [5.74, 6) is 0.406. The second-order valence-corrected chi connectivity index (χ2v) is 10.6. The summed E-state index contributed by atoms with van der Waals surface area (Å²) in [6.45, 7) is 4.09. The molecule has 1 aromatic heterocycles. The summed E-state index contributed by atoms with van der Waals surface area (Å²) < 4.78 is 5.55. The zero-order valence-corrected chi connectivity index (χ0v) is 20.7. The lowest BCUT2D eigenvalue weighted by Crippen LogP contribution is -2.36. The lowest BCUT2D eigenvalue weighted by molar-refractivity contribution is -0.384. The van der Waals surface area contributed by atoms with Crippen LogP contribution in [0.2, 0.25) is 0 Å². The van der Waals surface area contributed by atoms with Crippen molar-refractivity contribution < 1.29 is 19.2 Å². The molecule has 0 amide bonds. The Morgan fingerprint density at radius 3 is 2.82 bits per heavy atom. The molecule has 1 aliphatic carbocycles. The highest BCUT2D eigenvalue weighted by Crippen LogP contribution is 2.46. The topological polar surface area (TPSA) is 98.5 Å². The minimum absolute atomic E-state index is 0.0528. The summed E-state index contributed by atoms with van der Waals surface area (Å²) in [5.41, 5.74) is 2.70. The molecule has 1 N–H and O–H groups in total. The zero-order chi connectivity index (χ0) is 24.2. The van der Waals surface area contributed by atoms with Gasteiger partial charge in [-0.3, -0.25) is 14.9 Å². The summed E-state index contributed by atoms with van der Waals surface area (Å²) in [5, 5.41) is 16.8. The molecule has 34 heavy (non-hydrogen) atoms. The number of hydrogen-bond acceptors (Lipinski definition) is 8. The molecule has 7 nitrogen and oxygen atoms in total. The van der Waals surface area contributed by atoms with E-state index in [2.05, 4.69) is 5.32 Å². The number of nitro groups is 1. The Morgan fingerprint density at radius 1 is 1.29 bits per heavy atom. The Hall–Kier alpha value is -2.91. The molecule has 1 aliphatic heterocycles. The number of Topliss-reactive ketones (excluding diaryl/α,β-unsaturated/α-hetero) is 1. The molecule has 2 heterocycles. The van der Waals surface area contributed by atoms with E-state index in [0.29, 0.717) is 41.0 Å². The summed E-state index contributed by atoms with van der Waals surface area (Å²) >= 11 is 3.30. The van der Waals surface area contributed by atoms with Gasteiger partial charge in [-0.15, -0.1) is 11.3 Å². The number of benzene rings is 1. The first-order valence-electron chi connectivity index (χ1n) is 11.2. The molecule has 2 aliphatic rings. The molecule has 178 valence electrons. The number of non-ortho nitro benzene ring substituents is 1. The Labute approximate surface area is 206 Å². The van der Waals surface area contributed by atoms with Gasteiger partial charge in [0, 0.05) is 58.0 Å². The van der Waals surface area contributed by atoms with Gasteiger partial charge in [0.1, 0.15) is 6.61 Å². The SMILES string of the molecule is CCSCCOC(=O)C1=C(C)NC2=C(C(=O)C[C@H](c3cccs3)C2)[C@@H]1c1cccc([N+](=O)[O-])c1. The van der Waals surface area contributed by atoms with E-state index in [9.17, 15) is 19.7 Å². The van der Waals surface area contributed by atoms with Crippen molar-refractivity contribution in [2.24, 2.45) is 0 Å². The van der Waals surface area contributed by atoms with Gasteiger partial charge in [-0.05, 0) is 36.1 Å². The molecule has 0 saturated carbocycles. The van der Waals surface area contributed by atoms with Crippen LogP contribution in [0, 0.1) is 10.1 Å². The normalized spacial score (nSPS) is 20.1. The third-order valence-corrected chi connectivity index (χ3v) is 7.97. The van der Waals surface area contributed by atoms with Gasteiger partial charge in [-0.25, -0.2) is 4.79 Å². The van der Waals surface area contributed by atoms with Crippen LogP contribution in [-0.2, 0) is 14.3 Å². The minimum atomic E-state index is -0.709. The number of allylic oxidation sites excluding steroid dienone is 3. The molecule has 2 aromatic rings. The van der Waals surface area contributed by atoms with Gasteiger partial charge in [0.15, 0.2) is 5.78 Å². The molecular formula is C25H26N2O5S2. The molecule has 1 aromatic carbocycles. The van der Waals surface area contributed by atoms with Gasteiger partial charge < -0.3 is 10.1 Å². The van der Waals surface area contributed by atoms with Gasteiger partial charge in [0.2, 0.25) is 0 Å². The quantitative estimate of drug-likeness (QED) is 0.228. The molecule has 0 fully saturated rings. The summed E-state index contributed by atoms with van der Waals surface area (Å²) in [6, 6.07) is 10.2. The van der Waals surface area contributed by atoms with Gasteiger partial charge in [-0.1, -0.05) is 25.1 Å².